The lowest BCUT2D eigenvalue weighted by Gasteiger charge is -2.28. The molecule has 2 N–H and O–H groups in total. The predicted molar refractivity (Wildman–Crippen MR) is 44.5 cm³/mol. The Morgan fingerprint density at radius 3 is 2.70 bits per heavy atom. The Bertz CT molecular complexity index is 89.7. The van der Waals surface area contributed by atoms with Crippen molar-refractivity contribution in [2.45, 2.75) is 25.8 Å². The molecular weight excluding hydrogens is 150 g/mol. The number of hydrogen-bond donors (Lipinski definition) is 2. The quantitative estimate of drug-likeness (QED) is 0.602. The summed E-state index contributed by atoms with van der Waals surface area (Å²) in [5, 5.41) is 12.1. The highest BCUT2D eigenvalue weighted by molar-refractivity contribution is 5.85. The third-order valence-electron chi connectivity index (χ3n) is 2.13. The number of halogens is 1. The van der Waals surface area contributed by atoms with Crippen LogP contribution in [0.25, 0.3) is 0 Å². The molecule has 1 aliphatic rings. The fourth-order valence-electron chi connectivity index (χ4n) is 1.36. The van der Waals surface area contributed by atoms with Crippen molar-refractivity contribution in [3.8, 4) is 0 Å². The minimum Gasteiger partial charge on any atom is -0.395 e. The summed E-state index contributed by atoms with van der Waals surface area (Å²) in [6, 6.07) is 0.360. The van der Waals surface area contributed by atoms with E-state index in [9.17, 15) is 0 Å². The molecular formula is C7H16ClNO. The van der Waals surface area contributed by atoms with Crippen LogP contribution in [0.1, 0.15) is 19.8 Å². The summed E-state index contributed by atoms with van der Waals surface area (Å²) in [5.41, 5.74) is 0. The molecule has 0 radical (unpaired) electrons. The van der Waals surface area contributed by atoms with Crippen LogP contribution in [0.4, 0.5) is 0 Å². The number of piperidine rings is 1. The molecule has 10 heavy (non-hydrogen) atoms. The molecule has 1 fully saturated rings. The summed E-state index contributed by atoms with van der Waals surface area (Å²) in [5.74, 6) is 0.656. The maximum Gasteiger partial charge on any atom is 0.0587 e. The van der Waals surface area contributed by atoms with Gasteiger partial charge in [-0.25, -0.2) is 0 Å². The lowest BCUT2D eigenvalue weighted by Crippen LogP contribution is -2.42. The topological polar surface area (TPSA) is 32.3 Å². The summed E-state index contributed by atoms with van der Waals surface area (Å²) < 4.78 is 0. The summed E-state index contributed by atoms with van der Waals surface area (Å²) in [4.78, 5) is 0. The fourth-order valence-corrected chi connectivity index (χ4v) is 1.36. The molecule has 1 heterocycles. The molecule has 0 aromatic carbocycles. The van der Waals surface area contributed by atoms with Gasteiger partial charge in [-0.1, -0.05) is 6.92 Å². The number of aliphatic hydroxyl groups excluding tert-OH is 1. The van der Waals surface area contributed by atoms with Crippen molar-refractivity contribution in [1.82, 2.24) is 5.32 Å². The molecule has 0 bridgehead atoms. The standard InChI is InChI=1S/C7H15NO.ClH/c1-6-3-2-4-8-7(6)5-9;/h6-9H,2-5H2,1H3;1H/t6-,7-;/m0./s1. The normalized spacial score (nSPS) is 33.0. The van der Waals surface area contributed by atoms with Crippen molar-refractivity contribution in [3.05, 3.63) is 0 Å². The van der Waals surface area contributed by atoms with Crippen molar-refractivity contribution >= 4 is 12.4 Å². The van der Waals surface area contributed by atoms with Crippen molar-refractivity contribution < 1.29 is 5.11 Å². The van der Waals surface area contributed by atoms with Gasteiger partial charge in [0.05, 0.1) is 6.61 Å². The zero-order chi connectivity index (χ0) is 6.69. The van der Waals surface area contributed by atoms with Gasteiger partial charge in [0.2, 0.25) is 0 Å². The van der Waals surface area contributed by atoms with E-state index in [0.717, 1.165) is 6.54 Å². The minimum absolute atomic E-state index is 0. The molecule has 0 spiro atoms. The summed E-state index contributed by atoms with van der Waals surface area (Å²) in [6.45, 7) is 3.56. The van der Waals surface area contributed by atoms with E-state index in [0.29, 0.717) is 18.6 Å². The van der Waals surface area contributed by atoms with Crippen LogP contribution in [0, 0.1) is 5.92 Å². The lowest BCUT2D eigenvalue weighted by molar-refractivity contribution is 0.179. The Morgan fingerprint density at radius 1 is 1.60 bits per heavy atom. The molecule has 1 aliphatic heterocycles. The highest BCUT2D eigenvalue weighted by Gasteiger charge is 2.18. The number of aliphatic hydroxyl groups is 1. The zero-order valence-corrected chi connectivity index (χ0v) is 7.16. The first kappa shape index (κ1) is 10.2. The van der Waals surface area contributed by atoms with Gasteiger partial charge in [0.1, 0.15) is 0 Å². The van der Waals surface area contributed by atoms with E-state index in [2.05, 4.69) is 12.2 Å². The first-order valence-corrected chi connectivity index (χ1v) is 3.69. The first-order chi connectivity index (χ1) is 4.34. The van der Waals surface area contributed by atoms with Gasteiger partial charge < -0.3 is 10.4 Å². The Balaban J connectivity index is 0.000000810. The second-order valence-electron chi connectivity index (χ2n) is 2.86. The largest absolute Gasteiger partial charge is 0.395 e. The van der Waals surface area contributed by atoms with Crippen LogP contribution in [0.3, 0.4) is 0 Å². The SMILES string of the molecule is C[C@H]1CCCN[C@H]1CO.Cl. The Kier molecular flexibility index (Phi) is 5.04. The van der Waals surface area contributed by atoms with Crippen LogP contribution in [0.15, 0.2) is 0 Å². The van der Waals surface area contributed by atoms with Gasteiger partial charge in [-0.2, -0.15) is 0 Å². The molecule has 62 valence electrons. The van der Waals surface area contributed by atoms with Crippen molar-refractivity contribution in [1.29, 1.82) is 0 Å². The highest BCUT2D eigenvalue weighted by atomic mass is 35.5. The molecule has 0 aliphatic carbocycles. The molecule has 2 nitrogen and oxygen atoms in total. The van der Waals surface area contributed by atoms with E-state index in [1.807, 2.05) is 0 Å². The Morgan fingerprint density at radius 2 is 2.30 bits per heavy atom. The van der Waals surface area contributed by atoms with E-state index in [4.69, 9.17) is 5.11 Å². The van der Waals surface area contributed by atoms with Crippen molar-refractivity contribution in [2.75, 3.05) is 13.2 Å². The van der Waals surface area contributed by atoms with Crippen molar-refractivity contribution in [2.24, 2.45) is 5.92 Å². The van der Waals surface area contributed by atoms with E-state index < -0.39 is 0 Å². The van der Waals surface area contributed by atoms with Crippen LogP contribution >= 0.6 is 12.4 Å². The van der Waals surface area contributed by atoms with Gasteiger partial charge in [0, 0.05) is 6.04 Å². The van der Waals surface area contributed by atoms with E-state index >= 15 is 0 Å². The number of nitrogens with one attached hydrogen (secondary N) is 1. The lowest BCUT2D eigenvalue weighted by atomic mass is 9.93. The van der Waals surface area contributed by atoms with E-state index in [1.165, 1.54) is 12.8 Å². The maximum absolute atomic E-state index is 8.80. The average Bonchev–Trinajstić information content (AvgIpc) is 1.89. The zero-order valence-electron chi connectivity index (χ0n) is 6.34. The predicted octanol–water partition coefficient (Wildman–Crippen LogP) is 0.789. The minimum atomic E-state index is 0. The Labute approximate surface area is 68.4 Å². The van der Waals surface area contributed by atoms with Crippen LogP contribution in [0.5, 0.6) is 0 Å². The molecule has 0 unspecified atom stereocenters. The number of rotatable bonds is 1. The van der Waals surface area contributed by atoms with Gasteiger partial charge in [-0.3, -0.25) is 0 Å². The smallest absolute Gasteiger partial charge is 0.0587 e. The second kappa shape index (κ2) is 4.94. The molecule has 3 heteroatoms. The second-order valence-corrected chi connectivity index (χ2v) is 2.86. The van der Waals surface area contributed by atoms with Crippen LogP contribution in [0.2, 0.25) is 0 Å². The van der Waals surface area contributed by atoms with Gasteiger partial charge >= 0.3 is 0 Å². The molecule has 1 saturated heterocycles. The van der Waals surface area contributed by atoms with Gasteiger partial charge in [0.15, 0.2) is 0 Å². The molecule has 0 amide bonds. The van der Waals surface area contributed by atoms with Crippen molar-refractivity contribution in [3.63, 3.8) is 0 Å². The third kappa shape index (κ3) is 2.45. The van der Waals surface area contributed by atoms with Crippen LogP contribution in [-0.2, 0) is 0 Å². The number of hydrogen-bond acceptors (Lipinski definition) is 2. The van der Waals surface area contributed by atoms with Gasteiger partial charge in [-0.05, 0) is 25.3 Å². The fraction of sp³-hybridized carbons (Fsp3) is 1.00. The van der Waals surface area contributed by atoms with Crippen LogP contribution < -0.4 is 5.32 Å². The maximum atomic E-state index is 8.80. The van der Waals surface area contributed by atoms with E-state index in [-0.39, 0.29) is 12.4 Å². The molecule has 1 rings (SSSR count). The van der Waals surface area contributed by atoms with Crippen LogP contribution in [-0.4, -0.2) is 24.3 Å². The van der Waals surface area contributed by atoms with Gasteiger partial charge in [-0.15, -0.1) is 12.4 Å². The highest BCUT2D eigenvalue weighted by Crippen LogP contribution is 2.14. The molecule has 2 atom stereocenters. The molecule has 0 aromatic heterocycles. The summed E-state index contributed by atoms with van der Waals surface area (Å²) in [6.07, 6.45) is 2.52. The summed E-state index contributed by atoms with van der Waals surface area (Å²) in [7, 11) is 0. The summed E-state index contributed by atoms with van der Waals surface area (Å²) >= 11 is 0. The average molecular weight is 166 g/mol. The third-order valence-corrected chi connectivity index (χ3v) is 2.13. The molecule has 0 saturated carbocycles. The monoisotopic (exact) mass is 165 g/mol. The van der Waals surface area contributed by atoms with Gasteiger partial charge in [0.25, 0.3) is 0 Å². The van der Waals surface area contributed by atoms with E-state index in [1.54, 1.807) is 0 Å². The first-order valence-electron chi connectivity index (χ1n) is 3.69. The Hall–Kier alpha value is 0.210. The molecule has 0 aromatic rings.